The standard InChI is InChI=1S/C12H22N2O2S/c1-10(17)13-5-7-14(8-6-13)11(15)12(3-4-12)9-16-2/h10,17H,3-9H2,1-2H3. The first-order valence-corrected chi connectivity index (χ1v) is 6.81. The fourth-order valence-electron chi connectivity index (χ4n) is 2.48. The summed E-state index contributed by atoms with van der Waals surface area (Å²) in [7, 11) is 1.67. The third-order valence-electron chi connectivity index (χ3n) is 3.86. The fourth-order valence-corrected chi connectivity index (χ4v) is 2.71. The zero-order valence-electron chi connectivity index (χ0n) is 10.7. The first-order valence-electron chi connectivity index (χ1n) is 6.29. The van der Waals surface area contributed by atoms with Crippen LogP contribution < -0.4 is 0 Å². The van der Waals surface area contributed by atoms with Gasteiger partial charge in [-0.3, -0.25) is 9.69 Å². The van der Waals surface area contributed by atoms with Crippen molar-refractivity contribution in [3.8, 4) is 0 Å². The highest BCUT2D eigenvalue weighted by atomic mass is 32.1. The number of ether oxygens (including phenoxy) is 1. The average Bonchev–Trinajstić information content (AvgIpc) is 3.10. The van der Waals surface area contributed by atoms with E-state index >= 15 is 0 Å². The van der Waals surface area contributed by atoms with E-state index in [9.17, 15) is 4.79 Å². The number of rotatable bonds is 4. The monoisotopic (exact) mass is 258 g/mol. The highest BCUT2D eigenvalue weighted by Gasteiger charge is 2.51. The summed E-state index contributed by atoms with van der Waals surface area (Å²) in [5, 5.41) is 0.279. The topological polar surface area (TPSA) is 32.8 Å². The Labute approximate surface area is 109 Å². The molecule has 5 heteroatoms. The van der Waals surface area contributed by atoms with Crippen molar-refractivity contribution in [3.63, 3.8) is 0 Å². The van der Waals surface area contributed by atoms with E-state index in [1.807, 2.05) is 4.90 Å². The van der Waals surface area contributed by atoms with Crippen molar-refractivity contribution in [2.75, 3.05) is 39.9 Å². The van der Waals surface area contributed by atoms with Crippen LogP contribution in [0.3, 0.4) is 0 Å². The molecule has 1 heterocycles. The van der Waals surface area contributed by atoms with E-state index in [0.29, 0.717) is 12.5 Å². The van der Waals surface area contributed by atoms with Gasteiger partial charge in [-0.1, -0.05) is 0 Å². The van der Waals surface area contributed by atoms with Gasteiger partial charge in [-0.25, -0.2) is 0 Å². The molecule has 1 saturated carbocycles. The van der Waals surface area contributed by atoms with Crippen LogP contribution in [0.2, 0.25) is 0 Å². The molecule has 1 atom stereocenters. The van der Waals surface area contributed by atoms with Crippen molar-refractivity contribution in [1.29, 1.82) is 0 Å². The highest BCUT2D eigenvalue weighted by molar-refractivity contribution is 7.80. The lowest BCUT2D eigenvalue weighted by molar-refractivity contribution is -0.140. The van der Waals surface area contributed by atoms with E-state index in [1.54, 1.807) is 7.11 Å². The maximum atomic E-state index is 12.4. The zero-order valence-corrected chi connectivity index (χ0v) is 11.6. The van der Waals surface area contributed by atoms with Crippen molar-refractivity contribution in [3.05, 3.63) is 0 Å². The lowest BCUT2D eigenvalue weighted by Gasteiger charge is -2.38. The summed E-state index contributed by atoms with van der Waals surface area (Å²) in [5.74, 6) is 0.297. The minimum absolute atomic E-state index is 0.177. The number of nitrogens with zero attached hydrogens (tertiary/aromatic N) is 2. The van der Waals surface area contributed by atoms with Crippen LogP contribution >= 0.6 is 12.6 Å². The smallest absolute Gasteiger partial charge is 0.231 e. The van der Waals surface area contributed by atoms with Gasteiger partial charge in [-0.2, -0.15) is 12.6 Å². The van der Waals surface area contributed by atoms with Crippen molar-refractivity contribution in [2.45, 2.75) is 25.1 Å². The largest absolute Gasteiger partial charge is 0.384 e. The van der Waals surface area contributed by atoms with Crippen molar-refractivity contribution >= 4 is 18.5 Å². The second-order valence-electron chi connectivity index (χ2n) is 5.17. The summed E-state index contributed by atoms with van der Waals surface area (Å²) >= 11 is 4.43. The van der Waals surface area contributed by atoms with E-state index in [2.05, 4.69) is 24.5 Å². The molecule has 0 spiro atoms. The predicted molar refractivity (Wildman–Crippen MR) is 70.1 cm³/mol. The van der Waals surface area contributed by atoms with Gasteiger partial charge < -0.3 is 9.64 Å². The molecule has 1 aliphatic carbocycles. The molecular weight excluding hydrogens is 236 g/mol. The molecule has 0 radical (unpaired) electrons. The molecule has 4 nitrogen and oxygen atoms in total. The molecule has 2 rings (SSSR count). The second-order valence-corrected chi connectivity index (χ2v) is 5.92. The van der Waals surface area contributed by atoms with Gasteiger partial charge in [0.25, 0.3) is 0 Å². The number of piperazine rings is 1. The SMILES string of the molecule is COCC1(C(=O)N2CCN(C(C)S)CC2)CC1. The third kappa shape index (κ3) is 2.77. The number of methoxy groups -OCH3 is 1. The normalized spacial score (nSPS) is 25.7. The summed E-state index contributed by atoms with van der Waals surface area (Å²) in [6, 6.07) is 0. The van der Waals surface area contributed by atoms with Crippen molar-refractivity contribution in [1.82, 2.24) is 9.80 Å². The maximum absolute atomic E-state index is 12.4. The number of amides is 1. The Kier molecular flexibility index (Phi) is 4.00. The zero-order chi connectivity index (χ0) is 12.5. The molecule has 0 bridgehead atoms. The van der Waals surface area contributed by atoms with Gasteiger partial charge in [0.05, 0.1) is 17.4 Å². The van der Waals surface area contributed by atoms with Crippen LogP contribution in [-0.4, -0.2) is 61.0 Å². The van der Waals surface area contributed by atoms with Crippen LogP contribution in [-0.2, 0) is 9.53 Å². The Hall–Kier alpha value is -0.260. The summed E-state index contributed by atoms with van der Waals surface area (Å²) in [6.07, 6.45) is 1.98. The molecule has 0 N–H and O–H groups in total. The van der Waals surface area contributed by atoms with Crippen LogP contribution in [0, 0.1) is 5.41 Å². The number of carbonyl (C=O) groups excluding carboxylic acids is 1. The molecule has 98 valence electrons. The molecule has 0 aromatic rings. The molecule has 17 heavy (non-hydrogen) atoms. The lowest BCUT2D eigenvalue weighted by atomic mass is 10.1. The van der Waals surface area contributed by atoms with Crippen molar-refractivity contribution < 1.29 is 9.53 Å². The Bertz CT molecular complexity index is 284. The molecule has 1 saturated heterocycles. The van der Waals surface area contributed by atoms with Crippen LogP contribution in [0.5, 0.6) is 0 Å². The van der Waals surface area contributed by atoms with Gasteiger partial charge >= 0.3 is 0 Å². The van der Waals surface area contributed by atoms with Gasteiger partial charge in [-0.15, -0.1) is 0 Å². The molecule has 1 amide bonds. The van der Waals surface area contributed by atoms with Gasteiger partial charge in [0.15, 0.2) is 0 Å². The molecular formula is C12H22N2O2S. The molecule has 0 aromatic carbocycles. The molecule has 2 fully saturated rings. The summed E-state index contributed by atoms with van der Waals surface area (Å²) in [6.45, 7) is 6.17. The third-order valence-corrected chi connectivity index (χ3v) is 4.18. The average molecular weight is 258 g/mol. The molecule has 1 aliphatic heterocycles. The Morgan fingerprint density at radius 3 is 2.35 bits per heavy atom. The Balaban J connectivity index is 1.86. The first-order chi connectivity index (χ1) is 8.09. The van der Waals surface area contributed by atoms with Crippen LogP contribution in [0.15, 0.2) is 0 Å². The van der Waals surface area contributed by atoms with E-state index in [0.717, 1.165) is 39.0 Å². The molecule has 1 unspecified atom stereocenters. The predicted octanol–water partition coefficient (Wildman–Crippen LogP) is 0.833. The van der Waals surface area contributed by atoms with Gasteiger partial charge in [0.2, 0.25) is 5.91 Å². The second kappa shape index (κ2) is 5.16. The number of hydrogen-bond acceptors (Lipinski definition) is 4. The highest BCUT2D eigenvalue weighted by Crippen LogP contribution is 2.47. The molecule has 2 aliphatic rings. The van der Waals surface area contributed by atoms with E-state index in [-0.39, 0.29) is 10.8 Å². The molecule has 0 aromatic heterocycles. The first kappa shape index (κ1) is 13.2. The Morgan fingerprint density at radius 1 is 1.35 bits per heavy atom. The number of carbonyl (C=O) groups is 1. The van der Waals surface area contributed by atoms with Crippen LogP contribution in [0.1, 0.15) is 19.8 Å². The summed E-state index contributed by atoms with van der Waals surface area (Å²) in [4.78, 5) is 16.7. The van der Waals surface area contributed by atoms with Gasteiger partial charge in [0, 0.05) is 33.3 Å². The minimum atomic E-state index is -0.177. The van der Waals surface area contributed by atoms with Crippen LogP contribution in [0.4, 0.5) is 0 Å². The van der Waals surface area contributed by atoms with E-state index < -0.39 is 0 Å². The number of hydrogen-bond donors (Lipinski definition) is 1. The summed E-state index contributed by atoms with van der Waals surface area (Å²) in [5.41, 5.74) is -0.177. The quantitative estimate of drug-likeness (QED) is 0.758. The number of thiol groups is 1. The van der Waals surface area contributed by atoms with E-state index in [1.165, 1.54) is 0 Å². The van der Waals surface area contributed by atoms with Crippen LogP contribution in [0.25, 0.3) is 0 Å². The fraction of sp³-hybridized carbons (Fsp3) is 0.917. The minimum Gasteiger partial charge on any atom is -0.384 e. The lowest BCUT2D eigenvalue weighted by Crippen LogP contribution is -2.52. The van der Waals surface area contributed by atoms with Gasteiger partial charge in [-0.05, 0) is 19.8 Å². The van der Waals surface area contributed by atoms with Gasteiger partial charge in [0.1, 0.15) is 0 Å². The summed E-state index contributed by atoms with van der Waals surface area (Å²) < 4.78 is 5.17. The Morgan fingerprint density at radius 2 is 1.94 bits per heavy atom. The maximum Gasteiger partial charge on any atom is 0.231 e. The van der Waals surface area contributed by atoms with Crippen molar-refractivity contribution in [2.24, 2.45) is 5.41 Å². The van der Waals surface area contributed by atoms with E-state index in [4.69, 9.17) is 4.74 Å².